The molecule has 1 heterocycles. The maximum atomic E-state index is 12.9. The highest BCUT2D eigenvalue weighted by atomic mass is 19.1. The molecule has 1 fully saturated rings. The van der Waals surface area contributed by atoms with Crippen LogP contribution in [0, 0.1) is 11.7 Å². The molecule has 1 aromatic rings. The predicted molar refractivity (Wildman–Crippen MR) is 93.6 cm³/mol. The van der Waals surface area contributed by atoms with Gasteiger partial charge in [-0.25, -0.2) is 9.18 Å². The summed E-state index contributed by atoms with van der Waals surface area (Å²) in [7, 11) is 0. The maximum absolute atomic E-state index is 12.9. The number of nitrogens with one attached hydrogen (secondary N) is 1. The van der Waals surface area contributed by atoms with E-state index in [1.165, 1.54) is 12.1 Å². The number of carbonyl (C=O) groups is 2. The van der Waals surface area contributed by atoms with Gasteiger partial charge in [0.2, 0.25) is 5.91 Å². The molecule has 1 aromatic carbocycles. The molecular formula is C19H27FN2O3. The summed E-state index contributed by atoms with van der Waals surface area (Å²) >= 11 is 0. The molecule has 0 radical (unpaired) electrons. The van der Waals surface area contributed by atoms with Crippen molar-refractivity contribution < 1.29 is 18.7 Å². The van der Waals surface area contributed by atoms with Crippen LogP contribution in [-0.4, -0.2) is 42.1 Å². The summed E-state index contributed by atoms with van der Waals surface area (Å²) in [5.41, 5.74) is 0.433. The summed E-state index contributed by atoms with van der Waals surface area (Å²) < 4.78 is 18.3. The number of benzene rings is 1. The van der Waals surface area contributed by atoms with Gasteiger partial charge in [-0.1, -0.05) is 12.1 Å². The first kappa shape index (κ1) is 19.2. The lowest BCUT2D eigenvalue weighted by molar-refractivity contribution is -0.126. The smallest absolute Gasteiger partial charge is 0.410 e. The van der Waals surface area contributed by atoms with Crippen LogP contribution in [0.2, 0.25) is 0 Å². The van der Waals surface area contributed by atoms with Gasteiger partial charge in [-0.05, 0) is 57.7 Å². The summed E-state index contributed by atoms with van der Waals surface area (Å²) in [4.78, 5) is 26.1. The van der Waals surface area contributed by atoms with Crippen molar-refractivity contribution in [2.24, 2.45) is 5.92 Å². The van der Waals surface area contributed by atoms with Crippen LogP contribution in [0.25, 0.3) is 0 Å². The lowest BCUT2D eigenvalue weighted by atomic mass is 9.97. The van der Waals surface area contributed by atoms with Crippen LogP contribution in [0.4, 0.5) is 9.18 Å². The molecular weight excluding hydrogens is 323 g/mol. The summed E-state index contributed by atoms with van der Waals surface area (Å²) in [6, 6.07) is 6.26. The second-order valence-electron chi connectivity index (χ2n) is 7.43. The van der Waals surface area contributed by atoms with Gasteiger partial charge >= 0.3 is 6.09 Å². The molecule has 2 amide bonds. The molecule has 25 heavy (non-hydrogen) atoms. The molecule has 0 aliphatic carbocycles. The Morgan fingerprint density at radius 2 is 1.96 bits per heavy atom. The molecule has 1 aliphatic rings. The predicted octanol–water partition coefficient (Wildman–Crippen LogP) is 3.13. The van der Waals surface area contributed by atoms with E-state index in [-0.39, 0.29) is 23.7 Å². The van der Waals surface area contributed by atoms with E-state index in [2.05, 4.69) is 5.32 Å². The Morgan fingerprint density at radius 1 is 1.28 bits per heavy atom. The highest BCUT2D eigenvalue weighted by molar-refractivity contribution is 5.80. The summed E-state index contributed by atoms with van der Waals surface area (Å²) in [6.45, 7) is 6.98. The Kier molecular flexibility index (Phi) is 6.39. The number of halogens is 1. The number of piperidine rings is 1. The zero-order valence-electron chi connectivity index (χ0n) is 15.2. The molecule has 2 rings (SSSR count). The van der Waals surface area contributed by atoms with E-state index in [9.17, 15) is 14.0 Å². The highest BCUT2D eigenvalue weighted by Crippen LogP contribution is 2.19. The van der Waals surface area contributed by atoms with Crippen molar-refractivity contribution in [2.75, 3.05) is 19.6 Å². The minimum atomic E-state index is -0.540. The third-order valence-corrected chi connectivity index (χ3v) is 4.07. The summed E-state index contributed by atoms with van der Waals surface area (Å²) in [5, 5.41) is 2.91. The zero-order valence-corrected chi connectivity index (χ0v) is 15.2. The van der Waals surface area contributed by atoms with E-state index in [0.717, 1.165) is 18.4 Å². The summed E-state index contributed by atoms with van der Waals surface area (Å²) in [6.07, 6.45) is 1.84. The molecule has 5 nitrogen and oxygen atoms in total. The van der Waals surface area contributed by atoms with Crippen molar-refractivity contribution in [2.45, 2.75) is 45.6 Å². The maximum Gasteiger partial charge on any atom is 0.410 e. The summed E-state index contributed by atoms with van der Waals surface area (Å²) in [5.74, 6) is -0.526. The van der Waals surface area contributed by atoms with Crippen LogP contribution in [0.3, 0.4) is 0 Å². The third kappa shape index (κ3) is 6.36. The van der Waals surface area contributed by atoms with Crippen LogP contribution < -0.4 is 5.32 Å². The second kappa shape index (κ2) is 8.32. The Bertz CT molecular complexity index is 596. The van der Waals surface area contributed by atoms with E-state index in [0.29, 0.717) is 26.1 Å². The Morgan fingerprint density at radius 3 is 2.60 bits per heavy atom. The Hall–Kier alpha value is -2.11. The fraction of sp³-hybridized carbons (Fsp3) is 0.579. The van der Waals surface area contributed by atoms with Crippen LogP contribution in [0.5, 0.6) is 0 Å². The minimum Gasteiger partial charge on any atom is -0.444 e. The van der Waals surface area contributed by atoms with E-state index in [1.54, 1.807) is 17.0 Å². The highest BCUT2D eigenvalue weighted by Gasteiger charge is 2.30. The molecule has 0 aromatic heterocycles. The molecule has 1 saturated heterocycles. The lowest BCUT2D eigenvalue weighted by Gasteiger charge is -2.33. The number of hydrogen-bond donors (Lipinski definition) is 1. The van der Waals surface area contributed by atoms with Crippen LogP contribution >= 0.6 is 0 Å². The lowest BCUT2D eigenvalue weighted by Crippen LogP contribution is -2.47. The quantitative estimate of drug-likeness (QED) is 0.908. The van der Waals surface area contributed by atoms with Crippen LogP contribution in [-0.2, 0) is 16.0 Å². The van der Waals surface area contributed by atoms with Crippen LogP contribution in [0.15, 0.2) is 24.3 Å². The molecule has 138 valence electrons. The van der Waals surface area contributed by atoms with Gasteiger partial charge in [-0.2, -0.15) is 0 Å². The molecule has 6 heteroatoms. The third-order valence-electron chi connectivity index (χ3n) is 4.07. The van der Waals surface area contributed by atoms with Gasteiger partial charge in [-0.3, -0.25) is 4.79 Å². The van der Waals surface area contributed by atoms with E-state index in [1.807, 2.05) is 20.8 Å². The number of amides is 2. The number of likely N-dealkylation sites (tertiary alicyclic amines) is 1. The van der Waals surface area contributed by atoms with Crippen molar-refractivity contribution in [1.82, 2.24) is 10.2 Å². The monoisotopic (exact) mass is 350 g/mol. The van der Waals surface area contributed by atoms with Crippen molar-refractivity contribution in [1.29, 1.82) is 0 Å². The van der Waals surface area contributed by atoms with E-state index in [4.69, 9.17) is 4.74 Å². The molecule has 0 saturated carbocycles. The van der Waals surface area contributed by atoms with Crippen molar-refractivity contribution in [3.05, 3.63) is 35.6 Å². The van der Waals surface area contributed by atoms with Gasteiger partial charge in [0.1, 0.15) is 11.4 Å². The number of carbonyl (C=O) groups excluding carboxylic acids is 2. The second-order valence-corrected chi connectivity index (χ2v) is 7.43. The van der Waals surface area contributed by atoms with Crippen molar-refractivity contribution in [3.8, 4) is 0 Å². The van der Waals surface area contributed by atoms with E-state index >= 15 is 0 Å². The molecule has 0 unspecified atom stereocenters. The molecule has 0 spiro atoms. The Labute approximate surface area is 148 Å². The first-order chi connectivity index (χ1) is 11.7. The number of ether oxygens (including phenoxy) is 1. The van der Waals surface area contributed by atoms with Crippen LogP contribution in [0.1, 0.15) is 39.2 Å². The zero-order chi connectivity index (χ0) is 18.4. The van der Waals surface area contributed by atoms with Gasteiger partial charge < -0.3 is 15.0 Å². The fourth-order valence-corrected chi connectivity index (χ4v) is 2.81. The van der Waals surface area contributed by atoms with Crippen molar-refractivity contribution in [3.63, 3.8) is 0 Å². The van der Waals surface area contributed by atoms with Gasteiger partial charge in [-0.15, -0.1) is 0 Å². The number of hydrogen-bond acceptors (Lipinski definition) is 3. The Balaban J connectivity index is 1.78. The average Bonchev–Trinajstić information content (AvgIpc) is 2.55. The topological polar surface area (TPSA) is 58.6 Å². The number of rotatable bonds is 4. The fourth-order valence-electron chi connectivity index (χ4n) is 2.81. The molecule has 1 aliphatic heterocycles. The first-order valence-corrected chi connectivity index (χ1v) is 8.75. The standard InChI is InChI=1S/C19H27FN2O3/c1-19(2,3)25-18(24)22-12-4-5-15(13-22)17(23)21-11-10-14-6-8-16(20)9-7-14/h6-9,15H,4-5,10-13H2,1-3H3,(H,21,23)/t15-/m1/s1. The van der Waals surface area contributed by atoms with Crippen molar-refractivity contribution >= 4 is 12.0 Å². The van der Waals surface area contributed by atoms with Gasteiger partial charge in [0.05, 0.1) is 5.92 Å². The molecule has 1 N–H and O–H groups in total. The number of nitrogens with zero attached hydrogens (tertiary/aromatic N) is 1. The molecule has 1 atom stereocenters. The van der Waals surface area contributed by atoms with Gasteiger partial charge in [0.25, 0.3) is 0 Å². The average molecular weight is 350 g/mol. The normalized spacial score (nSPS) is 17.9. The van der Waals surface area contributed by atoms with E-state index < -0.39 is 5.60 Å². The van der Waals surface area contributed by atoms with Gasteiger partial charge in [0, 0.05) is 19.6 Å². The molecule has 0 bridgehead atoms. The first-order valence-electron chi connectivity index (χ1n) is 8.75. The largest absolute Gasteiger partial charge is 0.444 e. The SMILES string of the molecule is CC(C)(C)OC(=O)N1CCC[C@@H](C(=O)NCCc2ccc(F)cc2)C1. The van der Waals surface area contributed by atoms with Gasteiger partial charge in [0.15, 0.2) is 0 Å². The minimum absolute atomic E-state index is 0.0460.